The van der Waals surface area contributed by atoms with E-state index in [2.05, 4.69) is 111 Å². The Kier molecular flexibility index (Phi) is 12.7. The van der Waals surface area contributed by atoms with Crippen molar-refractivity contribution in [3.8, 4) is 5.75 Å². The van der Waals surface area contributed by atoms with E-state index in [1.54, 1.807) is 11.0 Å². The molecular weight excluding hydrogens is 811 g/mol. The van der Waals surface area contributed by atoms with Gasteiger partial charge in [0.1, 0.15) is 5.75 Å². The van der Waals surface area contributed by atoms with E-state index in [1.807, 2.05) is 48.5 Å². The first-order valence-electron chi connectivity index (χ1n) is 23.2. The molecule has 0 aromatic heterocycles. The molecule has 4 aliphatic rings. The summed E-state index contributed by atoms with van der Waals surface area (Å²) in [7, 11) is -4.06. The van der Waals surface area contributed by atoms with E-state index < -0.39 is 33.4 Å². The lowest BCUT2D eigenvalue weighted by Crippen LogP contribution is -2.66. The minimum Gasteiger partial charge on any atom is -0.507 e. The van der Waals surface area contributed by atoms with Crippen molar-refractivity contribution in [1.82, 2.24) is 9.80 Å². The molecule has 0 bridgehead atoms. The van der Waals surface area contributed by atoms with Gasteiger partial charge in [0, 0.05) is 31.1 Å². The molecule has 2 N–H and O–H groups in total. The summed E-state index contributed by atoms with van der Waals surface area (Å²) >= 11 is 0. The van der Waals surface area contributed by atoms with Gasteiger partial charge in [-0.05, 0) is 100 Å². The highest BCUT2D eigenvalue weighted by atomic mass is 28.4. The number of rotatable bonds is 12. The lowest BCUT2D eigenvalue weighted by Gasteiger charge is -2.46. The van der Waals surface area contributed by atoms with E-state index in [0.29, 0.717) is 25.9 Å². The van der Waals surface area contributed by atoms with E-state index in [-0.39, 0.29) is 40.9 Å². The number of carbonyl (C=O) groups excluding carboxylic acids is 2. The maximum Gasteiger partial charge on any atom is 0.455 e. The number of allylic oxidation sites excluding steroid dienone is 1. The van der Waals surface area contributed by atoms with Crippen LogP contribution in [-0.2, 0) is 25.2 Å². The smallest absolute Gasteiger partial charge is 0.455 e. The zero-order valence-corrected chi connectivity index (χ0v) is 38.7. The summed E-state index contributed by atoms with van der Waals surface area (Å²) in [5.74, 6) is -1.33. The third-order valence-corrected chi connectivity index (χ3v) is 19.5. The molecule has 0 radical (unpaired) electrons. The van der Waals surface area contributed by atoms with Gasteiger partial charge in [0.05, 0.1) is 24.5 Å². The standard InChI is InChI=1S/C54H61BN2O6Si/c1-37(32-39-25-26-48(58)45-23-15-14-22-44(39)45)24-27-49-50-40(36-62-64(54(2,3)4,42-18-10-6-11-19-42)43-20-12-7-13-21-43)33-46-51(47(50)34-55(61)63-49)53(60)57(52(46)59)41-28-30-56(31-29-41)35-38-16-8-5-9-17-38/h5-23,25-26,32,41,46-47,49,51,58,61H,24,27-31,33-36H2,1-4H3/b37-32+/t46-,47+,49-,51-/m1/s1. The first-order chi connectivity index (χ1) is 30.9. The number of carbonyl (C=O) groups is 2. The van der Waals surface area contributed by atoms with Crippen LogP contribution in [0.4, 0.5) is 0 Å². The van der Waals surface area contributed by atoms with Gasteiger partial charge in [-0.25, -0.2) is 0 Å². The number of imide groups is 1. The van der Waals surface area contributed by atoms with Gasteiger partial charge < -0.3 is 19.2 Å². The fraction of sp³-hybridized carbons (Fsp3) is 0.370. The summed E-state index contributed by atoms with van der Waals surface area (Å²) in [5.41, 5.74) is 5.48. The summed E-state index contributed by atoms with van der Waals surface area (Å²) in [6.07, 6.45) is 5.14. The Morgan fingerprint density at radius 2 is 1.42 bits per heavy atom. The number of benzene rings is 5. The first kappa shape index (κ1) is 44.1. The van der Waals surface area contributed by atoms with Crippen molar-refractivity contribution in [1.29, 1.82) is 0 Å². The van der Waals surface area contributed by atoms with Crippen LogP contribution in [0.1, 0.15) is 70.9 Å². The highest BCUT2D eigenvalue weighted by molar-refractivity contribution is 6.99. The number of amides is 2. The van der Waals surface area contributed by atoms with Gasteiger partial charge in [-0.15, -0.1) is 0 Å². The van der Waals surface area contributed by atoms with Gasteiger partial charge in [-0.1, -0.05) is 154 Å². The normalized spacial score (nSPS) is 22.6. The molecule has 2 amide bonds. The molecule has 64 heavy (non-hydrogen) atoms. The highest BCUT2D eigenvalue weighted by Gasteiger charge is 2.59. The lowest BCUT2D eigenvalue weighted by molar-refractivity contribution is -0.144. The maximum atomic E-state index is 14.9. The van der Waals surface area contributed by atoms with Crippen LogP contribution in [0.5, 0.6) is 5.75 Å². The number of phenols is 1. The van der Waals surface area contributed by atoms with E-state index in [1.165, 1.54) is 15.9 Å². The van der Waals surface area contributed by atoms with Gasteiger partial charge in [0.15, 0.2) is 0 Å². The van der Waals surface area contributed by atoms with Crippen LogP contribution in [-0.4, -0.2) is 79.0 Å². The molecule has 0 spiro atoms. The van der Waals surface area contributed by atoms with Crippen LogP contribution in [0, 0.1) is 17.8 Å². The quantitative estimate of drug-likeness (QED) is 0.0735. The molecule has 0 saturated carbocycles. The van der Waals surface area contributed by atoms with Crippen LogP contribution in [0.25, 0.3) is 16.8 Å². The molecule has 0 unspecified atom stereocenters. The summed E-state index contributed by atoms with van der Waals surface area (Å²) in [6.45, 7) is 11.7. The minimum atomic E-state index is -2.99. The van der Waals surface area contributed by atoms with Crippen molar-refractivity contribution >= 4 is 54.5 Å². The molecule has 3 aliphatic heterocycles. The van der Waals surface area contributed by atoms with Crippen molar-refractivity contribution in [2.45, 2.75) is 89.8 Å². The fourth-order valence-corrected chi connectivity index (χ4v) is 16.1. The molecule has 3 saturated heterocycles. The Hall–Kier alpha value is -5.10. The van der Waals surface area contributed by atoms with Crippen LogP contribution < -0.4 is 10.4 Å². The number of phenolic OH excluding ortho intramolecular Hbond substituents is 1. The van der Waals surface area contributed by atoms with E-state index in [9.17, 15) is 19.7 Å². The Balaban J connectivity index is 1.05. The Bertz CT molecular complexity index is 2500. The monoisotopic (exact) mass is 872 g/mol. The number of fused-ring (bicyclic) bond motifs is 4. The molecular formula is C54H61BN2O6Si. The van der Waals surface area contributed by atoms with Crippen LogP contribution in [0.3, 0.4) is 0 Å². The predicted molar refractivity (Wildman–Crippen MR) is 258 cm³/mol. The molecule has 3 heterocycles. The number of nitrogens with zero attached hydrogens (tertiary/aromatic N) is 2. The van der Waals surface area contributed by atoms with E-state index in [0.717, 1.165) is 65.5 Å². The summed E-state index contributed by atoms with van der Waals surface area (Å²) < 4.78 is 14.1. The van der Waals surface area contributed by atoms with Gasteiger partial charge in [-0.3, -0.25) is 19.4 Å². The molecule has 10 heteroatoms. The second-order valence-electron chi connectivity index (χ2n) is 19.6. The predicted octanol–water partition coefficient (Wildman–Crippen LogP) is 8.77. The average Bonchev–Trinajstić information content (AvgIpc) is 3.55. The molecule has 3 fully saturated rings. The second kappa shape index (κ2) is 18.4. The summed E-state index contributed by atoms with van der Waals surface area (Å²) in [5, 5.41) is 26.0. The first-order valence-corrected chi connectivity index (χ1v) is 25.1. The molecule has 330 valence electrons. The molecule has 4 atom stereocenters. The lowest BCUT2D eigenvalue weighted by atomic mass is 9.58. The minimum absolute atomic E-state index is 0.0732. The molecule has 1 aliphatic carbocycles. The Morgan fingerprint density at radius 3 is 2.06 bits per heavy atom. The third kappa shape index (κ3) is 8.47. The van der Waals surface area contributed by atoms with Gasteiger partial charge in [-0.2, -0.15) is 0 Å². The average molecular weight is 873 g/mol. The van der Waals surface area contributed by atoms with Crippen molar-refractivity contribution in [2.24, 2.45) is 17.8 Å². The van der Waals surface area contributed by atoms with Crippen LogP contribution in [0.2, 0.25) is 11.4 Å². The van der Waals surface area contributed by atoms with Crippen molar-refractivity contribution < 1.29 is 28.8 Å². The van der Waals surface area contributed by atoms with Gasteiger partial charge in [0.25, 0.3) is 8.32 Å². The SMILES string of the molecule is C/C(=C\c1ccc(O)c2ccccc12)CC[C@H]1OB(O)C[C@H]2C1=C(CO[Si](c1ccccc1)(c1ccccc1)C(C)(C)C)C[C@H]1C(=O)N(C3CCN(Cc4ccccc4)CC3)C(=O)[C@H]12. The Labute approximate surface area is 379 Å². The number of hydrogen-bond acceptors (Lipinski definition) is 7. The zero-order valence-electron chi connectivity index (χ0n) is 37.7. The van der Waals surface area contributed by atoms with E-state index >= 15 is 0 Å². The highest BCUT2D eigenvalue weighted by Crippen LogP contribution is 2.52. The molecule has 5 aromatic rings. The third-order valence-electron chi connectivity index (χ3n) is 14.5. The van der Waals surface area contributed by atoms with E-state index in [4.69, 9.17) is 9.08 Å². The van der Waals surface area contributed by atoms with Crippen LogP contribution >= 0.6 is 0 Å². The van der Waals surface area contributed by atoms with Gasteiger partial charge in [0.2, 0.25) is 11.8 Å². The molecule has 8 nitrogen and oxygen atoms in total. The number of likely N-dealkylation sites (tertiary alicyclic amines) is 2. The summed E-state index contributed by atoms with van der Waals surface area (Å²) in [4.78, 5) is 33.8. The second-order valence-corrected chi connectivity index (χ2v) is 23.9. The fourth-order valence-electron chi connectivity index (χ4n) is 11.5. The van der Waals surface area contributed by atoms with Gasteiger partial charge >= 0.3 is 7.12 Å². The van der Waals surface area contributed by atoms with Crippen molar-refractivity contribution in [3.63, 3.8) is 0 Å². The van der Waals surface area contributed by atoms with Crippen LogP contribution in [0.15, 0.2) is 144 Å². The number of hydrogen-bond donors (Lipinski definition) is 2. The summed E-state index contributed by atoms with van der Waals surface area (Å²) in [6, 6.07) is 43.1. The maximum absolute atomic E-state index is 14.9. The topological polar surface area (TPSA) is 99.5 Å². The number of piperidine rings is 1. The molecule has 5 aromatic carbocycles. The van der Waals surface area contributed by atoms with Crippen molar-refractivity contribution in [2.75, 3.05) is 19.7 Å². The largest absolute Gasteiger partial charge is 0.507 e. The number of aromatic hydroxyl groups is 1. The zero-order chi connectivity index (χ0) is 44.6. The Morgan fingerprint density at radius 1 is 0.812 bits per heavy atom. The molecule has 9 rings (SSSR count). The van der Waals surface area contributed by atoms with Crippen molar-refractivity contribution in [3.05, 3.63) is 155 Å².